The molecule has 2 aromatic carbocycles. The highest BCUT2D eigenvalue weighted by molar-refractivity contribution is 5.92. The summed E-state index contributed by atoms with van der Waals surface area (Å²) in [4.78, 5) is 12.4. The Kier molecular flexibility index (Phi) is 4.33. The molecule has 124 valence electrons. The van der Waals surface area contributed by atoms with Crippen LogP contribution in [0.4, 0.5) is 5.69 Å². The number of carbonyl (C=O) groups is 1. The SMILES string of the molecule is COc1cc(C)c(NC(=O)Cn2nnc3ccccc32)cc1OC. The van der Waals surface area contributed by atoms with E-state index in [1.807, 2.05) is 37.3 Å². The molecule has 0 saturated heterocycles. The average molecular weight is 326 g/mol. The molecular formula is C17H18N4O3. The molecule has 3 rings (SSSR count). The minimum absolute atomic E-state index is 0.0777. The molecule has 24 heavy (non-hydrogen) atoms. The Morgan fingerprint density at radius 1 is 1.17 bits per heavy atom. The van der Waals surface area contributed by atoms with Crippen LogP contribution in [0.2, 0.25) is 0 Å². The van der Waals surface area contributed by atoms with Gasteiger partial charge in [0, 0.05) is 11.8 Å². The number of hydrogen-bond donors (Lipinski definition) is 1. The number of aryl methyl sites for hydroxylation is 1. The van der Waals surface area contributed by atoms with Crippen molar-refractivity contribution in [2.75, 3.05) is 19.5 Å². The van der Waals surface area contributed by atoms with Crippen LogP contribution in [0.1, 0.15) is 5.56 Å². The molecule has 1 N–H and O–H groups in total. The number of para-hydroxylation sites is 1. The molecule has 7 nitrogen and oxygen atoms in total. The summed E-state index contributed by atoms with van der Waals surface area (Å²) in [5.41, 5.74) is 3.12. The van der Waals surface area contributed by atoms with Crippen molar-refractivity contribution in [2.45, 2.75) is 13.5 Å². The van der Waals surface area contributed by atoms with Crippen LogP contribution in [0.3, 0.4) is 0 Å². The van der Waals surface area contributed by atoms with Crippen molar-refractivity contribution >= 4 is 22.6 Å². The van der Waals surface area contributed by atoms with Crippen LogP contribution in [0.25, 0.3) is 11.0 Å². The number of carbonyl (C=O) groups excluding carboxylic acids is 1. The molecule has 1 aromatic heterocycles. The number of nitrogens with one attached hydrogen (secondary N) is 1. The van der Waals surface area contributed by atoms with Gasteiger partial charge in [-0.25, -0.2) is 4.68 Å². The van der Waals surface area contributed by atoms with E-state index in [9.17, 15) is 4.79 Å². The number of amides is 1. The van der Waals surface area contributed by atoms with Gasteiger partial charge in [0.05, 0.1) is 19.7 Å². The second kappa shape index (κ2) is 6.57. The van der Waals surface area contributed by atoms with Gasteiger partial charge in [0.1, 0.15) is 12.1 Å². The van der Waals surface area contributed by atoms with E-state index in [0.29, 0.717) is 17.2 Å². The van der Waals surface area contributed by atoms with E-state index >= 15 is 0 Å². The smallest absolute Gasteiger partial charge is 0.246 e. The molecule has 1 amide bonds. The fourth-order valence-electron chi connectivity index (χ4n) is 2.48. The van der Waals surface area contributed by atoms with Gasteiger partial charge in [-0.15, -0.1) is 5.10 Å². The van der Waals surface area contributed by atoms with Crippen LogP contribution in [0.5, 0.6) is 11.5 Å². The molecule has 0 radical (unpaired) electrons. The fraction of sp³-hybridized carbons (Fsp3) is 0.235. The Morgan fingerprint density at radius 2 is 1.88 bits per heavy atom. The molecule has 0 aliphatic heterocycles. The maximum atomic E-state index is 12.4. The predicted octanol–water partition coefficient (Wildman–Crippen LogP) is 2.40. The first-order valence-corrected chi connectivity index (χ1v) is 7.43. The summed E-state index contributed by atoms with van der Waals surface area (Å²) in [6.45, 7) is 1.97. The van der Waals surface area contributed by atoms with E-state index in [-0.39, 0.29) is 12.5 Å². The zero-order valence-electron chi connectivity index (χ0n) is 13.7. The molecule has 3 aromatic rings. The van der Waals surface area contributed by atoms with Gasteiger partial charge in [-0.05, 0) is 30.7 Å². The largest absolute Gasteiger partial charge is 0.493 e. The third-order valence-electron chi connectivity index (χ3n) is 3.72. The van der Waals surface area contributed by atoms with Crippen molar-refractivity contribution < 1.29 is 14.3 Å². The van der Waals surface area contributed by atoms with Crippen molar-refractivity contribution in [3.05, 3.63) is 42.0 Å². The summed E-state index contributed by atoms with van der Waals surface area (Å²) in [6.07, 6.45) is 0. The highest BCUT2D eigenvalue weighted by Gasteiger charge is 2.13. The molecule has 0 bridgehead atoms. The quantitative estimate of drug-likeness (QED) is 0.779. The zero-order chi connectivity index (χ0) is 17.1. The Balaban J connectivity index is 1.80. The lowest BCUT2D eigenvalue weighted by atomic mass is 10.1. The number of hydrogen-bond acceptors (Lipinski definition) is 5. The maximum Gasteiger partial charge on any atom is 0.246 e. The summed E-state index contributed by atoms with van der Waals surface area (Å²) >= 11 is 0. The number of nitrogens with zero attached hydrogens (tertiary/aromatic N) is 3. The minimum atomic E-state index is -0.194. The Labute approximate surface area is 139 Å². The number of anilines is 1. The second-order valence-corrected chi connectivity index (χ2v) is 5.31. The molecule has 0 unspecified atom stereocenters. The van der Waals surface area contributed by atoms with Gasteiger partial charge in [-0.3, -0.25) is 4.79 Å². The normalized spacial score (nSPS) is 10.6. The van der Waals surface area contributed by atoms with Crippen LogP contribution in [-0.2, 0) is 11.3 Å². The van der Waals surface area contributed by atoms with E-state index in [1.165, 1.54) is 0 Å². The number of benzene rings is 2. The van der Waals surface area contributed by atoms with Crippen LogP contribution in [0, 0.1) is 6.92 Å². The molecule has 7 heteroatoms. The first-order chi connectivity index (χ1) is 11.6. The van der Waals surface area contributed by atoms with Crippen molar-refractivity contribution in [1.29, 1.82) is 0 Å². The Hall–Kier alpha value is -3.09. The molecule has 0 spiro atoms. The lowest BCUT2D eigenvalue weighted by Gasteiger charge is -2.13. The van der Waals surface area contributed by atoms with Gasteiger partial charge in [-0.1, -0.05) is 17.3 Å². The first kappa shape index (κ1) is 15.8. The van der Waals surface area contributed by atoms with Gasteiger partial charge in [0.2, 0.25) is 5.91 Å². The molecule has 0 saturated carbocycles. The predicted molar refractivity (Wildman–Crippen MR) is 90.4 cm³/mol. The van der Waals surface area contributed by atoms with Crippen LogP contribution in [0.15, 0.2) is 36.4 Å². The van der Waals surface area contributed by atoms with Gasteiger partial charge in [0.25, 0.3) is 0 Å². The van der Waals surface area contributed by atoms with E-state index < -0.39 is 0 Å². The molecular weight excluding hydrogens is 308 g/mol. The van der Waals surface area contributed by atoms with Crippen molar-refractivity contribution in [1.82, 2.24) is 15.0 Å². The molecule has 0 aliphatic carbocycles. The number of aromatic nitrogens is 3. The van der Waals surface area contributed by atoms with E-state index in [4.69, 9.17) is 9.47 Å². The van der Waals surface area contributed by atoms with E-state index in [2.05, 4.69) is 15.6 Å². The standard InChI is InChI=1S/C17H18N4O3/c1-11-8-15(23-2)16(24-3)9-13(11)18-17(22)10-21-14-7-5-4-6-12(14)19-20-21/h4-9H,10H2,1-3H3,(H,18,22). The summed E-state index contributed by atoms with van der Waals surface area (Å²) in [7, 11) is 3.13. The average Bonchev–Trinajstić information content (AvgIpc) is 2.99. The van der Waals surface area contributed by atoms with Crippen molar-refractivity contribution in [2.24, 2.45) is 0 Å². The number of methoxy groups -OCH3 is 2. The fourth-order valence-corrected chi connectivity index (χ4v) is 2.48. The second-order valence-electron chi connectivity index (χ2n) is 5.31. The lowest BCUT2D eigenvalue weighted by molar-refractivity contribution is -0.116. The topological polar surface area (TPSA) is 78.3 Å². The molecule has 0 aliphatic rings. The van der Waals surface area contributed by atoms with Crippen LogP contribution < -0.4 is 14.8 Å². The van der Waals surface area contributed by atoms with Gasteiger partial charge >= 0.3 is 0 Å². The van der Waals surface area contributed by atoms with Gasteiger partial charge in [0.15, 0.2) is 11.5 Å². The lowest BCUT2D eigenvalue weighted by Crippen LogP contribution is -2.20. The zero-order valence-corrected chi connectivity index (χ0v) is 13.7. The Bertz CT molecular complexity index is 889. The third kappa shape index (κ3) is 3.01. The van der Waals surface area contributed by atoms with Gasteiger partial charge in [-0.2, -0.15) is 0 Å². The summed E-state index contributed by atoms with van der Waals surface area (Å²) in [6, 6.07) is 11.1. The number of rotatable bonds is 5. The molecule has 0 fully saturated rings. The third-order valence-corrected chi connectivity index (χ3v) is 3.72. The molecule has 0 atom stereocenters. The monoisotopic (exact) mass is 326 g/mol. The maximum absolute atomic E-state index is 12.4. The summed E-state index contributed by atoms with van der Waals surface area (Å²) in [5.74, 6) is 0.987. The van der Waals surface area contributed by atoms with E-state index in [1.54, 1.807) is 25.0 Å². The molecule has 1 heterocycles. The highest BCUT2D eigenvalue weighted by atomic mass is 16.5. The minimum Gasteiger partial charge on any atom is -0.493 e. The van der Waals surface area contributed by atoms with Crippen molar-refractivity contribution in [3.63, 3.8) is 0 Å². The van der Waals surface area contributed by atoms with E-state index in [0.717, 1.165) is 16.6 Å². The Morgan fingerprint density at radius 3 is 2.62 bits per heavy atom. The summed E-state index contributed by atoms with van der Waals surface area (Å²) in [5, 5.41) is 10.9. The van der Waals surface area contributed by atoms with Crippen molar-refractivity contribution in [3.8, 4) is 11.5 Å². The van der Waals surface area contributed by atoms with Crippen LogP contribution >= 0.6 is 0 Å². The first-order valence-electron chi connectivity index (χ1n) is 7.43. The van der Waals surface area contributed by atoms with Crippen LogP contribution in [-0.4, -0.2) is 35.1 Å². The summed E-state index contributed by atoms with van der Waals surface area (Å²) < 4.78 is 12.1. The van der Waals surface area contributed by atoms with Gasteiger partial charge < -0.3 is 14.8 Å². The number of ether oxygens (including phenoxy) is 2. The number of fused-ring (bicyclic) bond motifs is 1. The highest BCUT2D eigenvalue weighted by Crippen LogP contribution is 2.32.